The van der Waals surface area contributed by atoms with Crippen LogP contribution in [0.5, 0.6) is 0 Å². The van der Waals surface area contributed by atoms with Crippen molar-refractivity contribution in [1.82, 2.24) is 10.2 Å². The Morgan fingerprint density at radius 2 is 1.90 bits per heavy atom. The van der Waals surface area contributed by atoms with Crippen LogP contribution >= 0.6 is 0 Å². The number of nitrogens with zero attached hydrogens (tertiary/aromatic N) is 1. The van der Waals surface area contributed by atoms with Gasteiger partial charge in [0.1, 0.15) is 5.41 Å². The highest BCUT2D eigenvalue weighted by atomic mass is 16.5. The molecule has 1 saturated heterocycles. The van der Waals surface area contributed by atoms with E-state index in [2.05, 4.69) is 17.5 Å². The molecule has 1 aromatic rings. The largest absolute Gasteiger partial charge is 0.468 e. The molecule has 2 aliphatic carbocycles. The first kappa shape index (κ1) is 28.6. The zero-order chi connectivity index (χ0) is 28.1. The number of carbonyl (C=O) groups is 3. The second-order valence-electron chi connectivity index (χ2n) is 12.0. The zero-order valence-corrected chi connectivity index (χ0v) is 24.0. The highest BCUT2D eigenvalue weighted by Crippen LogP contribution is 2.52. The topological polar surface area (TPSA) is 84.9 Å². The lowest BCUT2D eigenvalue weighted by atomic mass is 9.66. The molecule has 0 spiro atoms. The predicted molar refractivity (Wildman–Crippen MR) is 153 cm³/mol. The molecule has 1 aromatic carbocycles. The first-order valence-electron chi connectivity index (χ1n) is 15.2. The van der Waals surface area contributed by atoms with Crippen molar-refractivity contribution in [2.24, 2.45) is 17.3 Å². The lowest BCUT2D eigenvalue weighted by Crippen LogP contribution is -2.60. The summed E-state index contributed by atoms with van der Waals surface area (Å²) in [6.07, 6.45) is 13.9. The normalized spacial score (nSPS) is 28.9. The van der Waals surface area contributed by atoms with Crippen molar-refractivity contribution < 1.29 is 23.9 Å². The van der Waals surface area contributed by atoms with Crippen LogP contribution in [0.1, 0.15) is 83.1 Å². The van der Waals surface area contributed by atoms with Crippen LogP contribution in [-0.4, -0.2) is 48.5 Å². The van der Waals surface area contributed by atoms with Gasteiger partial charge in [0.05, 0.1) is 19.3 Å². The van der Waals surface area contributed by atoms with Crippen molar-refractivity contribution in [2.75, 3.05) is 13.7 Å². The molecule has 0 radical (unpaired) electrons. The van der Waals surface area contributed by atoms with Crippen LogP contribution in [0.4, 0.5) is 0 Å². The lowest BCUT2D eigenvalue weighted by Gasteiger charge is -2.52. The molecule has 5 rings (SSSR count). The second kappa shape index (κ2) is 12.7. The Morgan fingerprint density at radius 1 is 1.12 bits per heavy atom. The van der Waals surface area contributed by atoms with Gasteiger partial charge in [-0.25, -0.2) is 0 Å². The van der Waals surface area contributed by atoms with Crippen LogP contribution < -0.4 is 5.32 Å². The van der Waals surface area contributed by atoms with E-state index in [-0.39, 0.29) is 36.7 Å². The highest BCUT2D eigenvalue weighted by Gasteiger charge is 2.60. The van der Waals surface area contributed by atoms with E-state index in [1.165, 1.54) is 38.4 Å². The number of benzene rings is 1. The molecule has 7 heteroatoms. The van der Waals surface area contributed by atoms with E-state index in [0.29, 0.717) is 19.0 Å². The van der Waals surface area contributed by atoms with Gasteiger partial charge in [0, 0.05) is 31.1 Å². The number of ether oxygens (including phenoxy) is 2. The van der Waals surface area contributed by atoms with Crippen molar-refractivity contribution in [2.45, 2.75) is 96.3 Å². The number of allylic oxidation sites excluding steroid dienone is 1. The van der Waals surface area contributed by atoms with Crippen molar-refractivity contribution in [3.05, 3.63) is 59.3 Å². The van der Waals surface area contributed by atoms with Crippen LogP contribution in [0.2, 0.25) is 0 Å². The van der Waals surface area contributed by atoms with E-state index in [1.54, 1.807) is 0 Å². The standard InChI is InChI=1S/C33H44N2O5/c1-23-33(32(38)39-2)21-27(19-30(36)34-22-25-13-7-4-8-14-25)31(37)35(18-17-24-11-5-3-6-12-24)29(33)20-28(40-23)26-15-9-10-16-26/h4,7-8,11,13-14,20,23,26-28H,3,5-6,9-10,12,15-19,21-22H2,1-2H3,(H,34,36)/t23-,27+,28-,33+/m1/s1. The van der Waals surface area contributed by atoms with Gasteiger partial charge in [0.2, 0.25) is 11.8 Å². The summed E-state index contributed by atoms with van der Waals surface area (Å²) in [4.78, 5) is 42.7. The minimum absolute atomic E-state index is 0.0235. The number of methoxy groups -OCH3 is 1. The summed E-state index contributed by atoms with van der Waals surface area (Å²) in [5, 5.41) is 2.97. The smallest absolute Gasteiger partial charge is 0.320 e. The Kier molecular flexibility index (Phi) is 9.09. The predicted octanol–water partition coefficient (Wildman–Crippen LogP) is 5.45. The fraction of sp³-hybridized carbons (Fsp3) is 0.606. The Bertz CT molecular complexity index is 1140. The molecule has 0 unspecified atom stereocenters. The number of hydrogen-bond acceptors (Lipinski definition) is 5. The van der Waals surface area contributed by atoms with E-state index >= 15 is 0 Å². The highest BCUT2D eigenvalue weighted by molar-refractivity contribution is 5.92. The van der Waals surface area contributed by atoms with Gasteiger partial charge in [-0.1, -0.05) is 54.8 Å². The van der Waals surface area contributed by atoms with Gasteiger partial charge >= 0.3 is 5.97 Å². The maximum atomic E-state index is 14.1. The first-order chi connectivity index (χ1) is 19.4. The molecule has 40 heavy (non-hydrogen) atoms. The summed E-state index contributed by atoms with van der Waals surface area (Å²) in [5.74, 6) is -0.902. The number of amides is 2. The second-order valence-corrected chi connectivity index (χ2v) is 12.0. The monoisotopic (exact) mass is 548 g/mol. The summed E-state index contributed by atoms with van der Waals surface area (Å²) >= 11 is 0. The van der Waals surface area contributed by atoms with Gasteiger partial charge in [-0.3, -0.25) is 14.4 Å². The average molecular weight is 549 g/mol. The van der Waals surface area contributed by atoms with E-state index in [4.69, 9.17) is 9.47 Å². The van der Waals surface area contributed by atoms with Crippen molar-refractivity contribution in [1.29, 1.82) is 0 Å². The summed E-state index contributed by atoms with van der Waals surface area (Å²) < 4.78 is 12.0. The molecule has 2 aliphatic heterocycles. The fourth-order valence-electron chi connectivity index (χ4n) is 7.26. The van der Waals surface area contributed by atoms with Crippen LogP contribution in [0.3, 0.4) is 0 Å². The quantitative estimate of drug-likeness (QED) is 0.328. The molecule has 1 N–H and O–H groups in total. The van der Waals surface area contributed by atoms with Crippen molar-refractivity contribution in [3.63, 3.8) is 0 Å². The van der Waals surface area contributed by atoms with E-state index in [0.717, 1.165) is 43.4 Å². The number of hydrogen-bond donors (Lipinski definition) is 1. The lowest BCUT2D eigenvalue weighted by molar-refractivity contribution is -0.177. The van der Waals surface area contributed by atoms with Crippen LogP contribution in [-0.2, 0) is 30.4 Å². The van der Waals surface area contributed by atoms with Crippen LogP contribution in [0.25, 0.3) is 0 Å². The number of likely N-dealkylation sites (tertiary alicyclic amines) is 1. The van der Waals surface area contributed by atoms with Crippen molar-refractivity contribution >= 4 is 17.8 Å². The number of carbonyl (C=O) groups excluding carboxylic acids is 3. The molecule has 4 aliphatic rings. The Morgan fingerprint density at radius 3 is 2.60 bits per heavy atom. The van der Waals surface area contributed by atoms with E-state index < -0.39 is 17.4 Å². The molecular formula is C33H44N2O5. The van der Waals surface area contributed by atoms with Crippen LogP contribution in [0.15, 0.2) is 53.8 Å². The Labute approximate surface area is 238 Å². The third-order valence-electron chi connectivity index (χ3n) is 9.53. The van der Waals surface area contributed by atoms with Crippen molar-refractivity contribution in [3.8, 4) is 0 Å². The third-order valence-corrected chi connectivity index (χ3v) is 9.53. The summed E-state index contributed by atoms with van der Waals surface area (Å²) in [5.41, 5.74) is 1.98. The van der Waals surface area contributed by atoms with E-state index in [9.17, 15) is 14.4 Å². The van der Waals surface area contributed by atoms with Gasteiger partial charge in [-0.15, -0.1) is 0 Å². The number of rotatable bonds is 9. The van der Waals surface area contributed by atoms with Gasteiger partial charge in [-0.2, -0.15) is 0 Å². The maximum absolute atomic E-state index is 14.1. The fourth-order valence-corrected chi connectivity index (χ4v) is 7.26. The summed E-state index contributed by atoms with van der Waals surface area (Å²) in [6.45, 7) is 2.84. The molecule has 2 heterocycles. The first-order valence-corrected chi connectivity index (χ1v) is 15.2. The summed E-state index contributed by atoms with van der Waals surface area (Å²) in [7, 11) is 1.40. The molecule has 2 fully saturated rings. The average Bonchev–Trinajstić information content (AvgIpc) is 3.52. The molecule has 0 aromatic heterocycles. The number of fused-ring (bicyclic) bond motifs is 1. The maximum Gasteiger partial charge on any atom is 0.320 e. The number of nitrogens with one attached hydrogen (secondary N) is 1. The molecule has 7 nitrogen and oxygen atoms in total. The third kappa shape index (κ3) is 5.90. The number of piperidine rings is 1. The Balaban J connectivity index is 1.44. The zero-order valence-electron chi connectivity index (χ0n) is 24.0. The molecule has 216 valence electrons. The van der Waals surface area contributed by atoms with Gasteiger partial charge in [0.25, 0.3) is 0 Å². The van der Waals surface area contributed by atoms with Gasteiger partial charge < -0.3 is 19.7 Å². The SMILES string of the molecule is COC(=O)[C@]12C[C@H](CC(=O)NCc3ccccc3)C(=O)N(CCC3=CCCCC3)C1=C[C@H](C1CCCC1)O[C@@H]2C. The minimum atomic E-state index is -1.12. The minimum Gasteiger partial charge on any atom is -0.468 e. The van der Waals surface area contributed by atoms with Crippen LogP contribution in [0, 0.1) is 17.3 Å². The molecule has 0 bridgehead atoms. The van der Waals surface area contributed by atoms with E-state index in [1.807, 2.05) is 42.2 Å². The molecule has 4 atom stereocenters. The number of esters is 1. The molecular weight excluding hydrogens is 504 g/mol. The Hall–Kier alpha value is -2.93. The molecule has 2 amide bonds. The van der Waals surface area contributed by atoms with Gasteiger partial charge in [-0.05, 0) is 75.8 Å². The molecule has 1 saturated carbocycles. The summed E-state index contributed by atoms with van der Waals surface area (Å²) in [6, 6.07) is 9.72. The van der Waals surface area contributed by atoms with Gasteiger partial charge in [0.15, 0.2) is 0 Å².